The zero-order valence-corrected chi connectivity index (χ0v) is 48.2. The number of esters is 3. The minimum absolute atomic E-state index is 0.0857. The maximum absolute atomic E-state index is 12.8. The van der Waals surface area contributed by atoms with E-state index in [2.05, 4.69) is 69.4 Å². The van der Waals surface area contributed by atoms with Gasteiger partial charge < -0.3 is 14.2 Å². The molecule has 0 aromatic carbocycles. The minimum atomic E-state index is -0.791. The molecule has 0 bridgehead atoms. The first-order chi connectivity index (χ1) is 35.5. The van der Waals surface area contributed by atoms with Crippen LogP contribution in [-0.2, 0) is 28.6 Å². The standard InChI is InChI=1S/C66H120O6/c1-4-7-10-13-16-19-22-24-26-27-28-29-30-31-32-33-34-35-36-37-38-39-41-42-44-47-50-53-56-59-65(68)71-62-63(61-70-64(67)58-55-52-49-46-21-18-15-12-9-6-3)72-66(69)60-57-54-51-48-45-43-40-25-23-20-17-14-11-8-5-2/h8,11,17,20,25,40,45,48,63H,4-7,9-10,12-16,18-19,21-24,26-39,41-44,46-47,49-62H2,1-3H3/b11-8-,20-17-,40-25-,48-45-. The molecule has 1 unspecified atom stereocenters. The van der Waals surface area contributed by atoms with Crippen LogP contribution in [0.2, 0.25) is 0 Å². The molecule has 1 atom stereocenters. The van der Waals surface area contributed by atoms with Crippen molar-refractivity contribution in [3.63, 3.8) is 0 Å². The molecule has 72 heavy (non-hydrogen) atoms. The van der Waals surface area contributed by atoms with Gasteiger partial charge in [-0.15, -0.1) is 0 Å². The van der Waals surface area contributed by atoms with E-state index in [4.69, 9.17) is 14.2 Å². The molecule has 0 saturated carbocycles. The molecule has 0 spiro atoms. The summed E-state index contributed by atoms with van der Waals surface area (Å²) in [5.74, 6) is -0.913. The third kappa shape index (κ3) is 58.3. The number of ether oxygens (including phenoxy) is 3. The van der Waals surface area contributed by atoms with Gasteiger partial charge in [-0.05, 0) is 57.8 Å². The van der Waals surface area contributed by atoms with Gasteiger partial charge in [0.05, 0.1) is 0 Å². The molecule has 0 rings (SSSR count). The summed E-state index contributed by atoms with van der Waals surface area (Å²) in [5.41, 5.74) is 0. The fraction of sp³-hybridized carbons (Fsp3) is 0.833. The molecule has 0 radical (unpaired) electrons. The molecule has 0 amide bonds. The fourth-order valence-electron chi connectivity index (χ4n) is 9.38. The molecule has 0 aliphatic heterocycles. The quantitative estimate of drug-likeness (QED) is 0.0261. The molecule has 0 heterocycles. The van der Waals surface area contributed by atoms with E-state index in [9.17, 15) is 14.4 Å². The fourth-order valence-corrected chi connectivity index (χ4v) is 9.38. The van der Waals surface area contributed by atoms with Crippen LogP contribution in [0.1, 0.15) is 335 Å². The summed E-state index contributed by atoms with van der Waals surface area (Å²) in [6.07, 6.45) is 75.8. The van der Waals surface area contributed by atoms with Crippen molar-refractivity contribution in [3.8, 4) is 0 Å². The monoisotopic (exact) mass is 1010 g/mol. The van der Waals surface area contributed by atoms with Crippen molar-refractivity contribution in [2.45, 2.75) is 341 Å². The van der Waals surface area contributed by atoms with Crippen molar-refractivity contribution in [1.82, 2.24) is 0 Å². The summed E-state index contributed by atoms with van der Waals surface area (Å²) in [4.78, 5) is 38.1. The zero-order chi connectivity index (χ0) is 52.2. The Morgan fingerprint density at radius 2 is 0.542 bits per heavy atom. The van der Waals surface area contributed by atoms with Crippen molar-refractivity contribution >= 4 is 17.9 Å². The first kappa shape index (κ1) is 69.4. The molecule has 0 aliphatic carbocycles. The molecular weight excluding hydrogens is 889 g/mol. The smallest absolute Gasteiger partial charge is 0.306 e. The molecule has 0 aromatic rings. The van der Waals surface area contributed by atoms with E-state index < -0.39 is 6.10 Å². The largest absolute Gasteiger partial charge is 0.462 e. The second kappa shape index (κ2) is 60.9. The van der Waals surface area contributed by atoms with Crippen molar-refractivity contribution in [1.29, 1.82) is 0 Å². The van der Waals surface area contributed by atoms with Gasteiger partial charge >= 0.3 is 17.9 Å². The molecule has 0 saturated heterocycles. The lowest BCUT2D eigenvalue weighted by Gasteiger charge is -2.18. The predicted molar refractivity (Wildman–Crippen MR) is 312 cm³/mol. The highest BCUT2D eigenvalue weighted by molar-refractivity contribution is 5.71. The van der Waals surface area contributed by atoms with Gasteiger partial charge in [-0.3, -0.25) is 14.4 Å². The molecule has 0 aliphatic rings. The van der Waals surface area contributed by atoms with E-state index in [1.807, 2.05) is 0 Å². The van der Waals surface area contributed by atoms with Crippen LogP contribution in [-0.4, -0.2) is 37.2 Å². The number of carbonyl (C=O) groups is 3. The molecule has 6 nitrogen and oxygen atoms in total. The van der Waals surface area contributed by atoms with Crippen molar-refractivity contribution < 1.29 is 28.6 Å². The third-order valence-electron chi connectivity index (χ3n) is 14.1. The SMILES string of the molecule is CC/C=C\C/C=C\C/C=C\C/C=C\CCCCC(=O)OC(COC(=O)CCCCCCCCCCCC)COC(=O)CCCCCCCCCCCCCCCCCCCCCCCCCCCCCCC. The summed E-state index contributed by atoms with van der Waals surface area (Å²) in [6, 6.07) is 0. The molecule has 0 fully saturated rings. The Balaban J connectivity index is 4.12. The van der Waals surface area contributed by atoms with Gasteiger partial charge in [-0.2, -0.15) is 0 Å². The second-order valence-electron chi connectivity index (χ2n) is 21.3. The Morgan fingerprint density at radius 1 is 0.292 bits per heavy atom. The van der Waals surface area contributed by atoms with Crippen LogP contribution in [0.5, 0.6) is 0 Å². The van der Waals surface area contributed by atoms with Crippen molar-refractivity contribution in [3.05, 3.63) is 48.6 Å². The Labute approximate surface area is 448 Å². The molecule has 420 valence electrons. The number of hydrogen-bond donors (Lipinski definition) is 0. The number of carbonyl (C=O) groups excluding carboxylic acids is 3. The van der Waals surface area contributed by atoms with E-state index >= 15 is 0 Å². The third-order valence-corrected chi connectivity index (χ3v) is 14.1. The number of unbranched alkanes of at least 4 members (excludes halogenated alkanes) is 39. The average molecular weight is 1010 g/mol. The maximum Gasteiger partial charge on any atom is 0.306 e. The highest BCUT2D eigenvalue weighted by Crippen LogP contribution is 2.18. The van der Waals surface area contributed by atoms with E-state index in [-0.39, 0.29) is 37.5 Å². The lowest BCUT2D eigenvalue weighted by Crippen LogP contribution is -2.30. The van der Waals surface area contributed by atoms with E-state index in [0.29, 0.717) is 19.3 Å². The van der Waals surface area contributed by atoms with Crippen LogP contribution in [0.4, 0.5) is 0 Å². The van der Waals surface area contributed by atoms with Crippen molar-refractivity contribution in [2.75, 3.05) is 13.2 Å². The van der Waals surface area contributed by atoms with Crippen molar-refractivity contribution in [2.24, 2.45) is 0 Å². The van der Waals surface area contributed by atoms with E-state index in [0.717, 1.165) is 77.0 Å². The van der Waals surface area contributed by atoms with Gasteiger partial charge in [0.15, 0.2) is 6.10 Å². The van der Waals surface area contributed by atoms with Crippen LogP contribution in [0.3, 0.4) is 0 Å². The summed E-state index contributed by atoms with van der Waals surface area (Å²) >= 11 is 0. The number of hydrogen-bond acceptors (Lipinski definition) is 6. The van der Waals surface area contributed by atoms with E-state index in [1.165, 1.54) is 212 Å². The van der Waals surface area contributed by atoms with Gasteiger partial charge in [-0.1, -0.05) is 307 Å². The first-order valence-corrected chi connectivity index (χ1v) is 31.6. The van der Waals surface area contributed by atoms with Crippen LogP contribution < -0.4 is 0 Å². The zero-order valence-electron chi connectivity index (χ0n) is 48.2. The summed E-state index contributed by atoms with van der Waals surface area (Å²) in [7, 11) is 0. The summed E-state index contributed by atoms with van der Waals surface area (Å²) < 4.78 is 16.8. The normalized spacial score (nSPS) is 12.3. The Kier molecular flexibility index (Phi) is 58.7. The lowest BCUT2D eigenvalue weighted by atomic mass is 10.0. The second-order valence-corrected chi connectivity index (χ2v) is 21.3. The van der Waals surface area contributed by atoms with E-state index in [1.54, 1.807) is 0 Å². The summed E-state index contributed by atoms with van der Waals surface area (Å²) in [6.45, 7) is 6.52. The first-order valence-electron chi connectivity index (χ1n) is 31.6. The van der Waals surface area contributed by atoms with Crippen LogP contribution >= 0.6 is 0 Å². The number of rotatable bonds is 58. The molecule has 0 aromatic heterocycles. The highest BCUT2D eigenvalue weighted by atomic mass is 16.6. The highest BCUT2D eigenvalue weighted by Gasteiger charge is 2.19. The number of allylic oxidation sites excluding steroid dienone is 8. The van der Waals surface area contributed by atoms with Gasteiger partial charge in [0.25, 0.3) is 0 Å². The molecule has 6 heteroatoms. The van der Waals surface area contributed by atoms with Crippen LogP contribution in [0.25, 0.3) is 0 Å². The van der Waals surface area contributed by atoms with Gasteiger partial charge in [0, 0.05) is 19.3 Å². The topological polar surface area (TPSA) is 78.9 Å². The van der Waals surface area contributed by atoms with Crippen LogP contribution in [0.15, 0.2) is 48.6 Å². The Bertz CT molecular complexity index is 1250. The van der Waals surface area contributed by atoms with Gasteiger partial charge in [0.2, 0.25) is 0 Å². The predicted octanol–water partition coefficient (Wildman–Crippen LogP) is 21.4. The minimum Gasteiger partial charge on any atom is -0.462 e. The Morgan fingerprint density at radius 3 is 0.847 bits per heavy atom. The molecule has 0 N–H and O–H groups in total. The maximum atomic E-state index is 12.8. The lowest BCUT2D eigenvalue weighted by molar-refractivity contribution is -0.167. The summed E-state index contributed by atoms with van der Waals surface area (Å²) in [5, 5.41) is 0. The Hall–Kier alpha value is -2.63. The van der Waals surface area contributed by atoms with Crippen LogP contribution in [0, 0.1) is 0 Å². The average Bonchev–Trinajstić information content (AvgIpc) is 3.38. The van der Waals surface area contributed by atoms with Gasteiger partial charge in [-0.25, -0.2) is 0 Å². The van der Waals surface area contributed by atoms with Gasteiger partial charge in [0.1, 0.15) is 13.2 Å². The molecular formula is C66H120O6.